The van der Waals surface area contributed by atoms with Gasteiger partial charge in [-0.1, -0.05) is 48.5 Å². The van der Waals surface area contributed by atoms with Crippen molar-refractivity contribution in [2.75, 3.05) is 0 Å². The zero-order chi connectivity index (χ0) is 17.8. The summed E-state index contributed by atoms with van der Waals surface area (Å²) in [5.41, 5.74) is 7.95. The molecular formula is C24H25N. The lowest BCUT2D eigenvalue weighted by molar-refractivity contribution is 0.423. The summed E-state index contributed by atoms with van der Waals surface area (Å²) in [6.45, 7) is 11.3. The fourth-order valence-corrected chi connectivity index (χ4v) is 3.87. The van der Waals surface area contributed by atoms with Crippen LogP contribution in [0.1, 0.15) is 31.9 Å². The van der Waals surface area contributed by atoms with Gasteiger partial charge in [-0.2, -0.15) is 0 Å². The molecule has 4 rings (SSSR count). The predicted octanol–water partition coefficient (Wildman–Crippen LogP) is 6.83. The van der Waals surface area contributed by atoms with Gasteiger partial charge in [0.25, 0.3) is 0 Å². The maximum absolute atomic E-state index is 2.52. The van der Waals surface area contributed by atoms with Gasteiger partial charge in [0.05, 0.1) is 5.52 Å². The Morgan fingerprint density at radius 3 is 2.08 bits per heavy atom. The summed E-state index contributed by atoms with van der Waals surface area (Å²) in [4.78, 5) is 0. The first-order chi connectivity index (χ1) is 11.9. The van der Waals surface area contributed by atoms with Crippen molar-refractivity contribution in [1.29, 1.82) is 0 Å². The molecule has 0 spiro atoms. The summed E-state index contributed by atoms with van der Waals surface area (Å²) in [7, 11) is 0. The summed E-state index contributed by atoms with van der Waals surface area (Å²) >= 11 is 0. The molecule has 0 aliphatic carbocycles. The number of nitrogens with zero attached hydrogens (tertiary/aromatic N) is 1. The second-order valence-corrected chi connectivity index (χ2v) is 8.03. The summed E-state index contributed by atoms with van der Waals surface area (Å²) in [6, 6.07) is 22.1. The van der Waals surface area contributed by atoms with Crippen LogP contribution in [-0.2, 0) is 5.54 Å². The van der Waals surface area contributed by atoms with Gasteiger partial charge < -0.3 is 4.57 Å². The van der Waals surface area contributed by atoms with Gasteiger partial charge in [-0.3, -0.25) is 0 Å². The highest BCUT2D eigenvalue weighted by Crippen LogP contribution is 2.40. The van der Waals surface area contributed by atoms with Crippen LogP contribution in [0.2, 0.25) is 0 Å². The molecule has 1 aromatic heterocycles. The van der Waals surface area contributed by atoms with Gasteiger partial charge in [0.15, 0.2) is 0 Å². The van der Waals surface area contributed by atoms with Crippen molar-refractivity contribution < 1.29 is 0 Å². The smallest absolute Gasteiger partial charge is 0.0576 e. The molecule has 1 nitrogen and oxygen atoms in total. The Morgan fingerprint density at radius 2 is 1.40 bits per heavy atom. The summed E-state index contributed by atoms with van der Waals surface area (Å²) in [5, 5.41) is 2.69. The number of hydrogen-bond donors (Lipinski definition) is 0. The highest BCUT2D eigenvalue weighted by molar-refractivity contribution is 6.13. The molecule has 0 aliphatic rings. The number of benzene rings is 3. The van der Waals surface area contributed by atoms with E-state index < -0.39 is 0 Å². The standard InChI is InChI=1S/C24H25N/c1-16-14-21-20-13-9-12-19(18-10-7-6-8-11-18)23(20)25(24(3,4)5)22(21)15-17(16)2/h6-15H,1-5H3. The van der Waals surface area contributed by atoms with Crippen molar-refractivity contribution in [2.45, 2.75) is 40.2 Å². The molecule has 0 saturated heterocycles. The topological polar surface area (TPSA) is 4.93 Å². The molecule has 0 bridgehead atoms. The molecule has 0 fully saturated rings. The van der Waals surface area contributed by atoms with Crippen LogP contribution in [0.5, 0.6) is 0 Å². The van der Waals surface area contributed by atoms with Crippen LogP contribution >= 0.6 is 0 Å². The van der Waals surface area contributed by atoms with Crippen molar-refractivity contribution in [3.8, 4) is 11.1 Å². The largest absolute Gasteiger partial charge is 0.335 e. The molecule has 1 heterocycles. The lowest BCUT2D eigenvalue weighted by Gasteiger charge is -2.25. The Bertz CT molecular complexity index is 1080. The third-order valence-corrected chi connectivity index (χ3v) is 5.16. The van der Waals surface area contributed by atoms with Crippen LogP contribution in [0.4, 0.5) is 0 Å². The Morgan fingerprint density at radius 1 is 0.720 bits per heavy atom. The minimum atomic E-state index is 0.00653. The monoisotopic (exact) mass is 327 g/mol. The van der Waals surface area contributed by atoms with E-state index in [1.54, 1.807) is 0 Å². The number of rotatable bonds is 1. The maximum Gasteiger partial charge on any atom is 0.0576 e. The van der Waals surface area contributed by atoms with Crippen LogP contribution in [-0.4, -0.2) is 4.57 Å². The first-order valence-corrected chi connectivity index (χ1v) is 8.98. The molecule has 4 aromatic rings. The van der Waals surface area contributed by atoms with E-state index in [1.807, 2.05) is 0 Å². The number of aryl methyl sites for hydroxylation is 2. The molecule has 0 saturated carbocycles. The van der Waals surface area contributed by atoms with E-state index in [0.29, 0.717) is 0 Å². The maximum atomic E-state index is 2.52. The molecule has 0 radical (unpaired) electrons. The van der Waals surface area contributed by atoms with Gasteiger partial charge in [-0.15, -0.1) is 0 Å². The molecule has 0 unspecified atom stereocenters. The molecule has 0 atom stereocenters. The fraction of sp³-hybridized carbons (Fsp3) is 0.250. The second-order valence-electron chi connectivity index (χ2n) is 8.03. The molecule has 126 valence electrons. The summed E-state index contributed by atoms with van der Waals surface area (Å²) in [6.07, 6.45) is 0. The van der Waals surface area contributed by atoms with E-state index in [1.165, 1.54) is 44.1 Å². The van der Waals surface area contributed by atoms with Crippen molar-refractivity contribution in [3.63, 3.8) is 0 Å². The molecule has 0 amide bonds. The van der Waals surface area contributed by atoms with E-state index in [4.69, 9.17) is 0 Å². The zero-order valence-corrected chi connectivity index (χ0v) is 15.7. The van der Waals surface area contributed by atoms with Gasteiger partial charge in [-0.05, 0) is 63.4 Å². The molecule has 25 heavy (non-hydrogen) atoms. The highest BCUT2D eigenvalue weighted by atomic mass is 15.0. The Balaban J connectivity index is 2.25. The molecular weight excluding hydrogens is 302 g/mol. The average molecular weight is 327 g/mol. The number of aromatic nitrogens is 1. The summed E-state index contributed by atoms with van der Waals surface area (Å²) < 4.78 is 2.52. The minimum absolute atomic E-state index is 0.00653. The second kappa shape index (κ2) is 5.49. The number of hydrogen-bond acceptors (Lipinski definition) is 0. The van der Waals surface area contributed by atoms with Crippen molar-refractivity contribution in [1.82, 2.24) is 4.57 Å². The van der Waals surface area contributed by atoms with Gasteiger partial charge in [0.2, 0.25) is 0 Å². The molecule has 0 aliphatic heterocycles. The van der Waals surface area contributed by atoms with E-state index >= 15 is 0 Å². The molecule has 1 heteroatoms. The van der Waals surface area contributed by atoms with Crippen LogP contribution in [0.15, 0.2) is 60.7 Å². The van der Waals surface area contributed by atoms with Crippen LogP contribution in [0.25, 0.3) is 32.9 Å². The SMILES string of the molecule is Cc1cc2c3cccc(-c4ccccc4)c3n(C(C)(C)C)c2cc1C. The normalized spacial score (nSPS) is 12.2. The van der Waals surface area contributed by atoms with E-state index in [0.717, 1.165) is 0 Å². The van der Waals surface area contributed by atoms with Crippen LogP contribution in [0.3, 0.4) is 0 Å². The van der Waals surface area contributed by atoms with E-state index in [9.17, 15) is 0 Å². The first-order valence-electron chi connectivity index (χ1n) is 8.98. The third kappa shape index (κ3) is 2.46. The first kappa shape index (κ1) is 16.0. The Hall–Kier alpha value is -2.54. The average Bonchev–Trinajstić information content (AvgIpc) is 2.89. The Kier molecular flexibility index (Phi) is 3.50. The number of fused-ring (bicyclic) bond motifs is 3. The third-order valence-electron chi connectivity index (χ3n) is 5.16. The van der Waals surface area contributed by atoms with Gasteiger partial charge in [-0.25, -0.2) is 0 Å². The quantitative estimate of drug-likeness (QED) is 0.361. The Labute approximate surface area is 149 Å². The zero-order valence-electron chi connectivity index (χ0n) is 15.7. The van der Waals surface area contributed by atoms with E-state index in [2.05, 4.69) is 99.8 Å². The van der Waals surface area contributed by atoms with Crippen molar-refractivity contribution in [3.05, 3.63) is 71.8 Å². The van der Waals surface area contributed by atoms with Crippen LogP contribution < -0.4 is 0 Å². The number of para-hydroxylation sites is 1. The summed E-state index contributed by atoms with van der Waals surface area (Å²) in [5.74, 6) is 0. The molecule has 3 aromatic carbocycles. The predicted molar refractivity (Wildman–Crippen MR) is 109 cm³/mol. The fourth-order valence-electron chi connectivity index (χ4n) is 3.87. The van der Waals surface area contributed by atoms with Crippen molar-refractivity contribution >= 4 is 21.8 Å². The van der Waals surface area contributed by atoms with Crippen molar-refractivity contribution in [2.24, 2.45) is 0 Å². The highest BCUT2D eigenvalue weighted by Gasteiger charge is 2.23. The van der Waals surface area contributed by atoms with Gasteiger partial charge in [0, 0.05) is 27.4 Å². The minimum Gasteiger partial charge on any atom is -0.335 e. The lowest BCUT2D eigenvalue weighted by atomic mass is 10.0. The van der Waals surface area contributed by atoms with Gasteiger partial charge in [0.1, 0.15) is 0 Å². The lowest BCUT2D eigenvalue weighted by Crippen LogP contribution is -2.21. The van der Waals surface area contributed by atoms with Gasteiger partial charge >= 0.3 is 0 Å². The van der Waals surface area contributed by atoms with Crippen LogP contribution in [0, 0.1) is 13.8 Å². The molecule has 0 N–H and O–H groups in total. The van der Waals surface area contributed by atoms with E-state index in [-0.39, 0.29) is 5.54 Å².